The van der Waals surface area contributed by atoms with E-state index in [1.54, 1.807) is 0 Å². The van der Waals surface area contributed by atoms with Crippen LogP contribution in [-0.2, 0) is 5.54 Å². The van der Waals surface area contributed by atoms with Crippen LogP contribution >= 0.6 is 0 Å². The molecule has 1 aliphatic heterocycles. The van der Waals surface area contributed by atoms with E-state index < -0.39 is 11.4 Å². The molecule has 1 aromatic carbocycles. The van der Waals surface area contributed by atoms with E-state index >= 15 is 0 Å². The molecule has 1 aliphatic rings. The first-order valence-corrected chi connectivity index (χ1v) is 5.39. The van der Waals surface area contributed by atoms with Gasteiger partial charge in [-0.25, -0.2) is 4.39 Å². The molecule has 1 unspecified atom stereocenters. The molecule has 3 nitrogen and oxygen atoms in total. The average Bonchev–Trinajstić information content (AvgIpc) is 2.66. The van der Waals surface area contributed by atoms with Gasteiger partial charge in [0.25, 0.3) is 0 Å². The van der Waals surface area contributed by atoms with E-state index in [9.17, 15) is 9.50 Å². The predicted molar refractivity (Wildman–Crippen MR) is 59.2 cm³/mol. The Labute approximate surface area is 94.2 Å². The fourth-order valence-corrected chi connectivity index (χ4v) is 2.35. The van der Waals surface area contributed by atoms with Gasteiger partial charge in [0.05, 0.1) is 12.7 Å². The minimum Gasteiger partial charge on any atom is -0.504 e. The van der Waals surface area contributed by atoms with Crippen molar-refractivity contribution in [1.82, 2.24) is 5.32 Å². The van der Waals surface area contributed by atoms with Gasteiger partial charge in [0.15, 0.2) is 11.5 Å². The normalized spacial score (nSPS) is 24.7. The molecular formula is C12H16FNO2. The van der Waals surface area contributed by atoms with E-state index in [4.69, 9.17) is 4.74 Å². The van der Waals surface area contributed by atoms with Crippen molar-refractivity contribution in [2.45, 2.75) is 25.3 Å². The number of phenolic OH excluding ortho intramolecular Hbond substituents is 1. The molecule has 0 spiro atoms. The Kier molecular flexibility index (Phi) is 2.76. The van der Waals surface area contributed by atoms with Gasteiger partial charge in [-0.1, -0.05) is 0 Å². The minimum atomic E-state index is -0.497. The Morgan fingerprint density at radius 2 is 2.25 bits per heavy atom. The van der Waals surface area contributed by atoms with Crippen LogP contribution in [0.2, 0.25) is 0 Å². The molecule has 16 heavy (non-hydrogen) atoms. The fraction of sp³-hybridized carbons (Fsp3) is 0.500. The second-order valence-electron chi connectivity index (χ2n) is 4.34. The van der Waals surface area contributed by atoms with Crippen molar-refractivity contribution in [3.05, 3.63) is 23.5 Å². The second-order valence-corrected chi connectivity index (χ2v) is 4.34. The maximum Gasteiger partial charge on any atom is 0.165 e. The molecule has 0 bridgehead atoms. The van der Waals surface area contributed by atoms with Crippen molar-refractivity contribution in [2.75, 3.05) is 13.7 Å². The first-order chi connectivity index (χ1) is 7.58. The summed E-state index contributed by atoms with van der Waals surface area (Å²) in [6.07, 6.45) is 1.79. The van der Waals surface area contributed by atoms with E-state index in [-0.39, 0.29) is 5.75 Å². The molecule has 88 valence electrons. The molecule has 2 N–H and O–H groups in total. The number of halogens is 1. The molecule has 1 aromatic rings. The highest BCUT2D eigenvalue weighted by molar-refractivity contribution is 5.49. The Morgan fingerprint density at radius 3 is 2.81 bits per heavy atom. The van der Waals surface area contributed by atoms with Gasteiger partial charge in [-0.05, 0) is 38.4 Å². The zero-order valence-corrected chi connectivity index (χ0v) is 9.51. The molecule has 1 fully saturated rings. The highest BCUT2D eigenvalue weighted by Crippen LogP contribution is 2.41. The molecule has 1 saturated heterocycles. The molecule has 0 amide bonds. The Bertz CT molecular complexity index is 400. The first-order valence-electron chi connectivity index (χ1n) is 5.39. The summed E-state index contributed by atoms with van der Waals surface area (Å²) in [5.41, 5.74) is -0.188. The van der Waals surface area contributed by atoms with Crippen molar-refractivity contribution in [1.29, 1.82) is 0 Å². The topological polar surface area (TPSA) is 41.5 Å². The van der Waals surface area contributed by atoms with Crippen LogP contribution in [-0.4, -0.2) is 18.8 Å². The van der Waals surface area contributed by atoms with E-state index in [0.29, 0.717) is 11.3 Å². The van der Waals surface area contributed by atoms with Crippen LogP contribution in [0.5, 0.6) is 11.5 Å². The number of ether oxygens (including phenoxy) is 1. The monoisotopic (exact) mass is 225 g/mol. The van der Waals surface area contributed by atoms with Gasteiger partial charge in [-0.3, -0.25) is 0 Å². The highest BCUT2D eigenvalue weighted by atomic mass is 19.1. The first kappa shape index (κ1) is 11.2. The number of nitrogens with one attached hydrogen (secondary N) is 1. The van der Waals surface area contributed by atoms with Crippen molar-refractivity contribution in [2.24, 2.45) is 0 Å². The van der Waals surface area contributed by atoms with Gasteiger partial charge < -0.3 is 15.2 Å². The Hall–Kier alpha value is -1.29. The summed E-state index contributed by atoms with van der Waals surface area (Å²) in [7, 11) is 1.46. The molecule has 1 heterocycles. The molecule has 2 rings (SSSR count). The van der Waals surface area contributed by atoms with Gasteiger partial charge in [0, 0.05) is 5.54 Å². The molecule has 1 atom stereocenters. The van der Waals surface area contributed by atoms with Crippen molar-refractivity contribution in [3.8, 4) is 11.5 Å². The van der Waals surface area contributed by atoms with E-state index in [1.165, 1.54) is 19.2 Å². The quantitative estimate of drug-likeness (QED) is 0.810. The summed E-state index contributed by atoms with van der Waals surface area (Å²) in [5, 5.41) is 13.2. The minimum absolute atomic E-state index is 0.0978. The summed E-state index contributed by atoms with van der Waals surface area (Å²) >= 11 is 0. The van der Waals surface area contributed by atoms with E-state index in [1.807, 2.05) is 6.92 Å². The van der Waals surface area contributed by atoms with E-state index in [2.05, 4.69) is 5.32 Å². The summed E-state index contributed by atoms with van der Waals surface area (Å²) in [6.45, 7) is 2.74. The van der Waals surface area contributed by atoms with Gasteiger partial charge >= 0.3 is 0 Å². The molecular weight excluding hydrogens is 209 g/mol. The molecule has 0 saturated carbocycles. The average molecular weight is 225 g/mol. The van der Waals surface area contributed by atoms with Crippen molar-refractivity contribution in [3.63, 3.8) is 0 Å². The van der Waals surface area contributed by atoms with Crippen LogP contribution in [0.4, 0.5) is 4.39 Å². The lowest BCUT2D eigenvalue weighted by atomic mass is 9.89. The zero-order valence-electron chi connectivity index (χ0n) is 9.51. The lowest BCUT2D eigenvalue weighted by Gasteiger charge is -2.26. The third-order valence-electron chi connectivity index (χ3n) is 3.23. The van der Waals surface area contributed by atoms with E-state index in [0.717, 1.165) is 19.4 Å². The third-order valence-corrected chi connectivity index (χ3v) is 3.23. The highest BCUT2D eigenvalue weighted by Gasteiger charge is 2.36. The number of aromatic hydroxyl groups is 1. The Balaban J connectivity index is 2.54. The van der Waals surface area contributed by atoms with Crippen LogP contribution in [0.15, 0.2) is 12.1 Å². The maximum atomic E-state index is 13.8. The largest absolute Gasteiger partial charge is 0.504 e. The Morgan fingerprint density at radius 1 is 1.50 bits per heavy atom. The van der Waals surface area contributed by atoms with Gasteiger partial charge in [-0.2, -0.15) is 0 Å². The standard InChI is InChI=1S/C12H16FNO2/c1-12(6-3-7-14-12)10-8(13)4-5-9(16-2)11(10)15/h4-5,14-15H,3,6-7H2,1-2H3. The third kappa shape index (κ3) is 1.63. The summed E-state index contributed by atoms with van der Waals surface area (Å²) in [6, 6.07) is 2.77. The summed E-state index contributed by atoms with van der Waals surface area (Å²) < 4.78 is 18.8. The molecule has 0 aliphatic carbocycles. The number of hydrogen-bond donors (Lipinski definition) is 2. The summed E-state index contributed by atoms with van der Waals surface area (Å²) in [4.78, 5) is 0. The van der Waals surface area contributed by atoms with Gasteiger partial charge in [0.1, 0.15) is 5.82 Å². The lowest BCUT2D eigenvalue weighted by molar-refractivity contribution is 0.340. The fourth-order valence-electron chi connectivity index (χ4n) is 2.35. The lowest BCUT2D eigenvalue weighted by Crippen LogP contribution is -2.34. The van der Waals surface area contributed by atoms with Crippen molar-refractivity contribution < 1.29 is 14.2 Å². The number of benzene rings is 1. The van der Waals surface area contributed by atoms with Crippen LogP contribution in [0.3, 0.4) is 0 Å². The summed E-state index contributed by atoms with van der Waals surface area (Å²) in [5.74, 6) is -0.180. The number of rotatable bonds is 2. The SMILES string of the molecule is COc1ccc(F)c(C2(C)CCCN2)c1O. The smallest absolute Gasteiger partial charge is 0.165 e. The molecule has 0 radical (unpaired) electrons. The number of methoxy groups -OCH3 is 1. The van der Waals surface area contributed by atoms with Gasteiger partial charge in [-0.15, -0.1) is 0 Å². The predicted octanol–water partition coefficient (Wildman–Crippen LogP) is 2.14. The van der Waals surface area contributed by atoms with Crippen LogP contribution in [0.1, 0.15) is 25.3 Å². The van der Waals surface area contributed by atoms with Crippen LogP contribution < -0.4 is 10.1 Å². The van der Waals surface area contributed by atoms with Crippen molar-refractivity contribution >= 4 is 0 Å². The molecule has 4 heteroatoms. The van der Waals surface area contributed by atoms with Gasteiger partial charge in [0.2, 0.25) is 0 Å². The van der Waals surface area contributed by atoms with Crippen LogP contribution in [0, 0.1) is 5.82 Å². The maximum absolute atomic E-state index is 13.8. The number of hydrogen-bond acceptors (Lipinski definition) is 3. The number of phenols is 1. The second kappa shape index (κ2) is 3.94. The molecule has 0 aromatic heterocycles. The van der Waals surface area contributed by atoms with Crippen LogP contribution in [0.25, 0.3) is 0 Å². The zero-order chi connectivity index (χ0) is 11.8.